The Hall–Kier alpha value is -2.97. The van der Waals surface area contributed by atoms with Crippen molar-refractivity contribution in [3.63, 3.8) is 0 Å². The lowest BCUT2D eigenvalue weighted by atomic mass is 9.83. The van der Waals surface area contributed by atoms with E-state index >= 15 is 0 Å². The molecule has 6 nitrogen and oxygen atoms in total. The van der Waals surface area contributed by atoms with Crippen LogP contribution in [-0.4, -0.2) is 71.7 Å². The molecule has 1 aromatic carbocycles. The first-order valence-corrected chi connectivity index (χ1v) is 13.7. The Morgan fingerprint density at radius 1 is 1.11 bits per heavy atom. The van der Waals surface area contributed by atoms with Crippen molar-refractivity contribution < 1.29 is 23.4 Å². The van der Waals surface area contributed by atoms with Crippen molar-refractivity contribution in [2.24, 2.45) is 5.92 Å². The Morgan fingerprint density at radius 3 is 2.47 bits per heavy atom. The maximum Gasteiger partial charge on any atom is 0.246 e. The Balaban J connectivity index is 1.13. The lowest BCUT2D eigenvalue weighted by Crippen LogP contribution is -2.50. The fraction of sp³-hybridized carbons (Fsp3) is 0.500. The Kier molecular flexibility index (Phi) is 8.29. The third kappa shape index (κ3) is 5.86. The zero-order chi connectivity index (χ0) is 26.6. The number of rotatable bonds is 7. The van der Waals surface area contributed by atoms with Crippen LogP contribution in [0.25, 0.3) is 12.2 Å². The molecule has 2 saturated heterocycles. The highest BCUT2D eigenvalue weighted by Crippen LogP contribution is 2.37. The van der Waals surface area contributed by atoms with Crippen LogP contribution in [0.1, 0.15) is 60.4 Å². The van der Waals surface area contributed by atoms with Crippen molar-refractivity contribution in [3.8, 4) is 0 Å². The number of carbonyl (C=O) groups excluding carboxylic acids is 1. The number of aliphatic hydroxyl groups is 1. The molecule has 1 unspecified atom stereocenters. The van der Waals surface area contributed by atoms with Crippen LogP contribution < -0.4 is 0 Å². The summed E-state index contributed by atoms with van der Waals surface area (Å²) in [5.41, 5.74) is 4.37. The molecule has 0 saturated carbocycles. The summed E-state index contributed by atoms with van der Waals surface area (Å²) >= 11 is 0. The van der Waals surface area contributed by atoms with E-state index in [1.54, 1.807) is 12.0 Å². The largest absolute Gasteiger partial charge is 0.501 e. The fourth-order valence-corrected chi connectivity index (χ4v) is 6.45. The average molecular weight is 526 g/mol. The number of amides is 1. The van der Waals surface area contributed by atoms with Crippen molar-refractivity contribution in [1.82, 2.24) is 14.8 Å². The van der Waals surface area contributed by atoms with Gasteiger partial charge in [0.15, 0.2) is 0 Å². The molecule has 1 atom stereocenters. The highest BCUT2D eigenvalue weighted by molar-refractivity contribution is 5.91. The molecule has 3 aliphatic rings. The second-order valence-electron chi connectivity index (χ2n) is 10.7. The van der Waals surface area contributed by atoms with E-state index in [1.807, 2.05) is 0 Å². The van der Waals surface area contributed by atoms with Crippen LogP contribution in [0.3, 0.4) is 0 Å². The number of allylic oxidation sites excluding steroid dienone is 1. The molecular formula is C30H37F2N3O3. The zero-order valence-corrected chi connectivity index (χ0v) is 22.0. The standard InChI is InChI=1S/C30H37F2N3O3/c1-38-25-3-4-26-27(18-33-28(26)17-25)21-6-10-34(11-7-21)29(19-36)22-8-12-35(13-9-22)30(37)5-2-20-14-23(31)16-24(32)15-20/h2,5,14-18,21-22,29,33,36H,3-4,6-13,19H2,1H3/b5-2+. The number of ether oxygens (including phenoxy) is 1. The van der Waals surface area contributed by atoms with Gasteiger partial charge in [-0.1, -0.05) is 0 Å². The van der Waals surface area contributed by atoms with Crippen molar-refractivity contribution in [2.75, 3.05) is 39.9 Å². The van der Waals surface area contributed by atoms with E-state index < -0.39 is 11.6 Å². The number of aliphatic hydroxyl groups excluding tert-OH is 1. The van der Waals surface area contributed by atoms with E-state index in [0.29, 0.717) is 30.5 Å². The third-order valence-corrected chi connectivity index (χ3v) is 8.57. The van der Waals surface area contributed by atoms with Gasteiger partial charge in [-0.3, -0.25) is 9.69 Å². The number of likely N-dealkylation sites (tertiary alicyclic amines) is 2. The number of hydrogen-bond acceptors (Lipinski definition) is 4. The smallest absolute Gasteiger partial charge is 0.246 e. The number of fused-ring (bicyclic) bond motifs is 1. The van der Waals surface area contributed by atoms with Gasteiger partial charge in [0.05, 0.1) is 19.5 Å². The maximum absolute atomic E-state index is 13.4. The molecule has 0 spiro atoms. The number of benzene rings is 1. The van der Waals surface area contributed by atoms with Crippen LogP contribution in [0.15, 0.2) is 36.2 Å². The summed E-state index contributed by atoms with van der Waals surface area (Å²) in [5.74, 6) is 0.402. The van der Waals surface area contributed by atoms with Crippen molar-refractivity contribution in [3.05, 3.63) is 70.2 Å². The molecule has 5 rings (SSSR count). The lowest BCUT2D eigenvalue weighted by molar-refractivity contribution is -0.127. The summed E-state index contributed by atoms with van der Waals surface area (Å²) in [4.78, 5) is 20.3. The number of carbonyl (C=O) groups is 1. The average Bonchev–Trinajstić information content (AvgIpc) is 3.35. The number of piperidine rings is 2. The summed E-state index contributed by atoms with van der Waals surface area (Å²) in [5, 5.41) is 10.3. The van der Waals surface area contributed by atoms with Gasteiger partial charge in [-0.2, -0.15) is 0 Å². The van der Waals surface area contributed by atoms with Crippen molar-refractivity contribution >= 4 is 18.1 Å². The van der Waals surface area contributed by atoms with Crippen LogP contribution in [0.5, 0.6) is 0 Å². The van der Waals surface area contributed by atoms with E-state index in [0.717, 1.165) is 63.4 Å². The van der Waals surface area contributed by atoms with Gasteiger partial charge in [-0.15, -0.1) is 0 Å². The predicted octanol–water partition coefficient (Wildman–Crippen LogP) is 4.72. The first-order valence-electron chi connectivity index (χ1n) is 13.7. The topological polar surface area (TPSA) is 68.8 Å². The molecule has 1 aliphatic carbocycles. The number of aromatic nitrogens is 1. The molecule has 2 aliphatic heterocycles. The van der Waals surface area contributed by atoms with Gasteiger partial charge in [0.25, 0.3) is 0 Å². The lowest BCUT2D eigenvalue weighted by Gasteiger charge is -2.43. The molecule has 8 heteroatoms. The molecule has 1 aromatic heterocycles. The van der Waals surface area contributed by atoms with E-state index in [9.17, 15) is 18.7 Å². The monoisotopic (exact) mass is 525 g/mol. The molecule has 2 fully saturated rings. The Labute approximate surface area is 223 Å². The molecule has 2 aromatic rings. The molecular weight excluding hydrogens is 488 g/mol. The van der Waals surface area contributed by atoms with Gasteiger partial charge >= 0.3 is 0 Å². The predicted molar refractivity (Wildman–Crippen MR) is 143 cm³/mol. The molecule has 38 heavy (non-hydrogen) atoms. The van der Waals surface area contributed by atoms with E-state index in [1.165, 1.54) is 41.1 Å². The van der Waals surface area contributed by atoms with E-state index in [4.69, 9.17) is 4.74 Å². The molecule has 2 N–H and O–H groups in total. The highest BCUT2D eigenvalue weighted by Gasteiger charge is 2.34. The van der Waals surface area contributed by atoms with Crippen LogP contribution in [-0.2, 0) is 16.0 Å². The third-order valence-electron chi connectivity index (χ3n) is 8.57. The maximum atomic E-state index is 13.4. The number of methoxy groups -OCH3 is 1. The second kappa shape index (κ2) is 11.8. The fourth-order valence-electron chi connectivity index (χ4n) is 6.45. The van der Waals surface area contributed by atoms with Crippen molar-refractivity contribution in [1.29, 1.82) is 0 Å². The highest BCUT2D eigenvalue weighted by atomic mass is 19.1. The quantitative estimate of drug-likeness (QED) is 0.514. The van der Waals surface area contributed by atoms with Gasteiger partial charge in [0.2, 0.25) is 5.91 Å². The SMILES string of the molecule is COC1=Cc2[nH]cc(C3CCN(C(CO)C4CCN(C(=O)/C=C/c5cc(F)cc(F)c5)CC4)CC3)c2CC1. The number of hydrogen-bond donors (Lipinski definition) is 2. The summed E-state index contributed by atoms with van der Waals surface area (Å²) in [6.07, 6.45) is 12.9. The number of H-pyrrole nitrogens is 1. The van der Waals surface area contributed by atoms with Crippen molar-refractivity contribution in [2.45, 2.75) is 50.5 Å². The van der Waals surface area contributed by atoms with E-state index in [-0.39, 0.29) is 18.6 Å². The van der Waals surface area contributed by atoms with Gasteiger partial charge in [-0.05, 0) is 98.0 Å². The van der Waals surface area contributed by atoms with Gasteiger partial charge in [0, 0.05) is 49.6 Å². The number of aromatic amines is 1. The summed E-state index contributed by atoms with van der Waals surface area (Å²) < 4.78 is 32.2. The van der Waals surface area contributed by atoms with Crippen LogP contribution in [0, 0.1) is 17.6 Å². The Morgan fingerprint density at radius 2 is 1.82 bits per heavy atom. The van der Waals surface area contributed by atoms with Gasteiger partial charge < -0.3 is 19.7 Å². The number of nitrogens with one attached hydrogen (secondary N) is 1. The minimum atomic E-state index is -0.665. The van der Waals surface area contributed by atoms with Crippen LogP contribution >= 0.6 is 0 Å². The van der Waals surface area contributed by atoms with Gasteiger partial charge in [-0.25, -0.2) is 8.78 Å². The number of halogens is 2. The van der Waals surface area contributed by atoms with Crippen LogP contribution in [0.4, 0.5) is 8.78 Å². The van der Waals surface area contributed by atoms with E-state index in [2.05, 4.69) is 22.2 Å². The minimum absolute atomic E-state index is 0.103. The molecule has 0 radical (unpaired) electrons. The molecule has 204 valence electrons. The van der Waals surface area contributed by atoms with Crippen LogP contribution in [0.2, 0.25) is 0 Å². The number of nitrogens with zero attached hydrogens (tertiary/aromatic N) is 2. The molecule has 0 bridgehead atoms. The molecule has 1 amide bonds. The molecule has 3 heterocycles. The van der Waals surface area contributed by atoms with Gasteiger partial charge in [0.1, 0.15) is 11.6 Å². The first-order chi connectivity index (χ1) is 18.4. The minimum Gasteiger partial charge on any atom is -0.501 e. The normalized spacial score (nSPS) is 20.4. The summed E-state index contributed by atoms with van der Waals surface area (Å²) in [7, 11) is 1.73. The first kappa shape index (κ1) is 26.6. The zero-order valence-electron chi connectivity index (χ0n) is 22.0. The Bertz CT molecular complexity index is 1170. The summed E-state index contributed by atoms with van der Waals surface area (Å²) in [6.45, 7) is 3.27. The summed E-state index contributed by atoms with van der Waals surface area (Å²) in [6, 6.07) is 3.32. The second-order valence-corrected chi connectivity index (χ2v) is 10.7.